The zero-order valence-corrected chi connectivity index (χ0v) is 16.4. The second kappa shape index (κ2) is 8.22. The van der Waals surface area contributed by atoms with E-state index in [-0.39, 0.29) is 43.3 Å². The molecule has 2 aliphatic rings. The van der Waals surface area contributed by atoms with Crippen molar-refractivity contribution >= 4 is 23.7 Å². The van der Waals surface area contributed by atoms with E-state index in [2.05, 4.69) is 10.1 Å². The number of halogens is 2. The van der Waals surface area contributed by atoms with Gasteiger partial charge in [0.15, 0.2) is 6.23 Å². The maximum Gasteiger partial charge on any atom is 0.409 e. The minimum absolute atomic E-state index is 0.155. The quantitative estimate of drug-likeness (QED) is 0.760. The molecule has 158 valence electrons. The van der Waals surface area contributed by atoms with Crippen LogP contribution in [0, 0.1) is 17.6 Å². The fourth-order valence-corrected chi connectivity index (χ4v) is 3.80. The lowest BCUT2D eigenvalue weighted by molar-refractivity contribution is -0.144. The third kappa shape index (κ3) is 4.10. The summed E-state index contributed by atoms with van der Waals surface area (Å²) in [4.78, 5) is 38.0. The Balaban J connectivity index is 1.79. The van der Waals surface area contributed by atoms with E-state index in [1.54, 1.807) is 6.92 Å². The summed E-state index contributed by atoms with van der Waals surface area (Å²) in [6.45, 7) is 4.01. The number of methoxy groups -OCH3 is 1. The zero-order valence-electron chi connectivity index (χ0n) is 16.4. The Bertz CT molecular complexity index is 803. The Morgan fingerprint density at radius 2 is 1.76 bits per heavy atom. The molecule has 8 nitrogen and oxygen atoms in total. The second-order valence-electron chi connectivity index (χ2n) is 7.17. The standard InChI is InChI=1S/C19H23F2N3O5/c1-10-15(18(26)29-17(10)22-11(2)25)12-8-13(20)16(14(21)9-12)23-4-6-24(7-5-23)19(27)28-3/h8-10,15,17H,4-7H2,1-3H3,(H,22,25)/t10?,15?,17-/m1/s1. The summed E-state index contributed by atoms with van der Waals surface area (Å²) in [5.74, 6) is -3.98. The van der Waals surface area contributed by atoms with Crippen molar-refractivity contribution in [2.24, 2.45) is 5.92 Å². The van der Waals surface area contributed by atoms with E-state index in [1.807, 2.05) is 0 Å². The maximum absolute atomic E-state index is 14.8. The van der Waals surface area contributed by atoms with E-state index in [0.29, 0.717) is 0 Å². The van der Waals surface area contributed by atoms with E-state index < -0.39 is 41.8 Å². The molecule has 0 spiro atoms. The highest BCUT2D eigenvalue weighted by molar-refractivity contribution is 5.82. The molecule has 2 fully saturated rings. The average Bonchev–Trinajstić information content (AvgIpc) is 2.93. The summed E-state index contributed by atoms with van der Waals surface area (Å²) < 4.78 is 39.4. The molecule has 3 atom stereocenters. The SMILES string of the molecule is COC(=O)N1CCN(c2c(F)cc(C3C(=O)O[C@@H](NC(C)=O)C3C)cc2F)CC1. The van der Waals surface area contributed by atoms with E-state index in [4.69, 9.17) is 4.74 Å². The fourth-order valence-electron chi connectivity index (χ4n) is 3.80. The Morgan fingerprint density at radius 1 is 1.17 bits per heavy atom. The van der Waals surface area contributed by atoms with Gasteiger partial charge < -0.3 is 24.6 Å². The van der Waals surface area contributed by atoms with Crippen LogP contribution >= 0.6 is 0 Å². The van der Waals surface area contributed by atoms with E-state index in [9.17, 15) is 23.2 Å². The predicted octanol–water partition coefficient (Wildman–Crippen LogP) is 1.59. The van der Waals surface area contributed by atoms with Gasteiger partial charge in [0.25, 0.3) is 0 Å². The molecule has 0 aliphatic carbocycles. The first-order valence-corrected chi connectivity index (χ1v) is 9.27. The maximum atomic E-state index is 14.8. The number of nitrogens with zero attached hydrogens (tertiary/aromatic N) is 2. The van der Waals surface area contributed by atoms with E-state index in [0.717, 1.165) is 12.1 Å². The minimum Gasteiger partial charge on any atom is -0.453 e. The van der Waals surface area contributed by atoms with Gasteiger partial charge in [0.2, 0.25) is 5.91 Å². The molecule has 29 heavy (non-hydrogen) atoms. The summed E-state index contributed by atoms with van der Waals surface area (Å²) in [6.07, 6.45) is -1.33. The zero-order chi connectivity index (χ0) is 21.3. The number of amides is 2. The number of rotatable bonds is 3. The van der Waals surface area contributed by atoms with Crippen molar-refractivity contribution in [1.29, 1.82) is 0 Å². The van der Waals surface area contributed by atoms with Gasteiger partial charge >= 0.3 is 12.1 Å². The number of nitrogens with one attached hydrogen (secondary N) is 1. The van der Waals surface area contributed by atoms with E-state index in [1.165, 1.54) is 23.8 Å². The van der Waals surface area contributed by atoms with Crippen molar-refractivity contribution in [3.05, 3.63) is 29.3 Å². The van der Waals surface area contributed by atoms with Gasteiger partial charge in [-0.05, 0) is 17.7 Å². The molecule has 10 heteroatoms. The molecule has 1 N–H and O–H groups in total. The fraction of sp³-hybridized carbons (Fsp3) is 0.526. The predicted molar refractivity (Wildman–Crippen MR) is 98.2 cm³/mol. The van der Waals surface area contributed by atoms with Crippen LogP contribution in [0.25, 0.3) is 0 Å². The largest absolute Gasteiger partial charge is 0.453 e. The van der Waals surface area contributed by atoms with E-state index >= 15 is 0 Å². The molecule has 1 aromatic carbocycles. The molecular formula is C19H23F2N3O5. The highest BCUT2D eigenvalue weighted by atomic mass is 19.1. The molecule has 0 saturated carbocycles. The van der Waals surface area contributed by atoms with Gasteiger partial charge in [-0.25, -0.2) is 13.6 Å². The number of hydrogen-bond donors (Lipinski definition) is 1. The third-order valence-corrected chi connectivity index (χ3v) is 5.27. The molecule has 0 bridgehead atoms. The van der Waals surface area contributed by atoms with Crippen LogP contribution in [-0.2, 0) is 19.1 Å². The number of hydrogen-bond acceptors (Lipinski definition) is 6. The molecular weight excluding hydrogens is 388 g/mol. The smallest absolute Gasteiger partial charge is 0.409 e. The molecule has 0 radical (unpaired) electrons. The monoisotopic (exact) mass is 411 g/mol. The first-order chi connectivity index (χ1) is 13.7. The lowest BCUT2D eigenvalue weighted by Crippen LogP contribution is -2.49. The summed E-state index contributed by atoms with van der Waals surface area (Å²) >= 11 is 0. The van der Waals surface area contributed by atoms with Crippen molar-refractivity contribution in [2.75, 3.05) is 38.2 Å². The molecule has 2 amide bonds. The molecule has 2 saturated heterocycles. The lowest BCUT2D eigenvalue weighted by atomic mass is 9.88. The van der Waals surface area contributed by atoms with Crippen LogP contribution in [0.5, 0.6) is 0 Å². The van der Waals surface area contributed by atoms with Crippen molar-refractivity contribution in [2.45, 2.75) is 26.0 Å². The second-order valence-corrected chi connectivity index (χ2v) is 7.17. The van der Waals surface area contributed by atoms with Crippen LogP contribution in [0.3, 0.4) is 0 Å². The average molecular weight is 411 g/mol. The first-order valence-electron chi connectivity index (χ1n) is 9.27. The number of carbonyl (C=O) groups is 3. The number of esters is 1. The highest BCUT2D eigenvalue weighted by Gasteiger charge is 2.44. The van der Waals surface area contributed by atoms with Gasteiger partial charge in [0.1, 0.15) is 17.3 Å². The van der Waals surface area contributed by atoms with Crippen LogP contribution < -0.4 is 10.2 Å². The molecule has 2 aliphatic heterocycles. The number of anilines is 1. The Kier molecular flexibility index (Phi) is 5.90. The molecule has 2 unspecified atom stereocenters. The molecule has 0 aromatic heterocycles. The molecule has 3 rings (SSSR count). The number of benzene rings is 1. The molecule has 1 aromatic rings. The highest BCUT2D eigenvalue weighted by Crippen LogP contribution is 2.38. The van der Waals surface area contributed by atoms with Crippen molar-refractivity contribution in [1.82, 2.24) is 10.2 Å². The summed E-state index contributed by atoms with van der Waals surface area (Å²) in [5.41, 5.74) is -0.0435. The topological polar surface area (TPSA) is 88.2 Å². The number of cyclic esters (lactones) is 1. The summed E-state index contributed by atoms with van der Waals surface area (Å²) in [7, 11) is 1.28. The lowest BCUT2D eigenvalue weighted by Gasteiger charge is -2.35. The minimum atomic E-state index is -0.888. The first kappa shape index (κ1) is 20.8. The normalized spacial score (nSPS) is 24.3. The van der Waals surface area contributed by atoms with Gasteiger partial charge in [0, 0.05) is 39.0 Å². The van der Waals surface area contributed by atoms with Crippen LogP contribution in [0.15, 0.2) is 12.1 Å². The summed E-state index contributed by atoms with van der Waals surface area (Å²) in [5, 5.41) is 2.51. The van der Waals surface area contributed by atoms with Gasteiger partial charge in [0.05, 0.1) is 13.0 Å². The number of carbonyl (C=O) groups excluding carboxylic acids is 3. The molecule has 2 heterocycles. The Labute approximate surface area is 166 Å². The van der Waals surface area contributed by atoms with Gasteiger partial charge in [-0.3, -0.25) is 9.59 Å². The Hall–Kier alpha value is -2.91. The van der Waals surface area contributed by atoms with Gasteiger partial charge in [-0.2, -0.15) is 0 Å². The van der Waals surface area contributed by atoms with Crippen LogP contribution in [-0.4, -0.2) is 62.4 Å². The van der Waals surface area contributed by atoms with Crippen LogP contribution in [0.4, 0.5) is 19.3 Å². The van der Waals surface area contributed by atoms with Gasteiger partial charge in [-0.15, -0.1) is 0 Å². The van der Waals surface area contributed by atoms with Gasteiger partial charge in [-0.1, -0.05) is 6.92 Å². The Morgan fingerprint density at radius 3 is 2.28 bits per heavy atom. The van der Waals surface area contributed by atoms with Crippen molar-refractivity contribution in [3.8, 4) is 0 Å². The third-order valence-electron chi connectivity index (χ3n) is 5.27. The van der Waals surface area contributed by atoms with Crippen molar-refractivity contribution < 1.29 is 32.6 Å². The van der Waals surface area contributed by atoms with Crippen LogP contribution in [0.2, 0.25) is 0 Å². The number of piperazine rings is 1. The van der Waals surface area contributed by atoms with Crippen LogP contribution in [0.1, 0.15) is 25.3 Å². The summed E-state index contributed by atoms with van der Waals surface area (Å²) in [6, 6.07) is 2.26. The number of ether oxygens (including phenoxy) is 2. The van der Waals surface area contributed by atoms with Crippen molar-refractivity contribution in [3.63, 3.8) is 0 Å².